The van der Waals surface area contributed by atoms with Gasteiger partial charge in [-0.05, 0) is 62.9 Å². The lowest BCUT2D eigenvalue weighted by atomic mass is 10.1. The number of ether oxygens (including phenoxy) is 2. The quantitative estimate of drug-likeness (QED) is 0.654. The van der Waals surface area contributed by atoms with Gasteiger partial charge in [-0.3, -0.25) is 0 Å². The molecule has 146 valence electrons. The minimum atomic E-state index is 0.139. The van der Waals surface area contributed by atoms with E-state index in [2.05, 4.69) is 34.5 Å². The summed E-state index contributed by atoms with van der Waals surface area (Å²) < 4.78 is 11.7. The van der Waals surface area contributed by atoms with Crippen molar-refractivity contribution in [2.75, 3.05) is 31.1 Å². The van der Waals surface area contributed by atoms with Gasteiger partial charge >= 0.3 is 0 Å². The van der Waals surface area contributed by atoms with Gasteiger partial charge in [-0.1, -0.05) is 24.3 Å². The highest BCUT2D eigenvalue weighted by Gasteiger charge is 2.11. The Morgan fingerprint density at radius 3 is 2.52 bits per heavy atom. The highest BCUT2D eigenvalue weighted by Crippen LogP contribution is 2.27. The van der Waals surface area contributed by atoms with Crippen molar-refractivity contribution in [2.45, 2.75) is 45.8 Å². The van der Waals surface area contributed by atoms with Crippen LogP contribution in [0, 0.1) is 0 Å². The lowest BCUT2D eigenvalue weighted by Crippen LogP contribution is -2.29. The molecule has 0 atom stereocenters. The summed E-state index contributed by atoms with van der Waals surface area (Å²) in [6.45, 7) is 8.68. The lowest BCUT2D eigenvalue weighted by Gasteiger charge is -2.29. The molecule has 0 radical (unpaired) electrons. The zero-order chi connectivity index (χ0) is 18.9. The molecular weight excluding hydrogens is 336 g/mol. The fraction of sp³-hybridized carbons (Fsp3) is 0.478. The Morgan fingerprint density at radius 2 is 1.74 bits per heavy atom. The highest BCUT2D eigenvalue weighted by molar-refractivity contribution is 5.48. The van der Waals surface area contributed by atoms with Crippen molar-refractivity contribution >= 4 is 5.69 Å². The van der Waals surface area contributed by atoms with Gasteiger partial charge in [0.25, 0.3) is 0 Å². The third-order valence-electron chi connectivity index (χ3n) is 4.71. The van der Waals surface area contributed by atoms with Crippen LogP contribution in [0.3, 0.4) is 0 Å². The van der Waals surface area contributed by atoms with Crippen LogP contribution < -0.4 is 19.7 Å². The van der Waals surface area contributed by atoms with Crippen LogP contribution in [0.4, 0.5) is 5.69 Å². The van der Waals surface area contributed by atoms with Crippen LogP contribution in [0.2, 0.25) is 0 Å². The van der Waals surface area contributed by atoms with Crippen LogP contribution in [-0.4, -0.2) is 32.3 Å². The van der Waals surface area contributed by atoms with Crippen LogP contribution in [0.1, 0.15) is 38.7 Å². The molecule has 4 heteroatoms. The minimum absolute atomic E-state index is 0.139. The van der Waals surface area contributed by atoms with Gasteiger partial charge in [0.1, 0.15) is 6.61 Å². The average molecular weight is 369 g/mol. The largest absolute Gasteiger partial charge is 0.488 e. The maximum absolute atomic E-state index is 5.90. The van der Waals surface area contributed by atoms with E-state index in [0.29, 0.717) is 6.61 Å². The summed E-state index contributed by atoms with van der Waals surface area (Å²) in [6.07, 6.45) is 4.12. The van der Waals surface area contributed by atoms with Crippen LogP contribution in [0.25, 0.3) is 0 Å². The molecule has 0 aromatic heterocycles. The van der Waals surface area contributed by atoms with Crippen molar-refractivity contribution in [2.24, 2.45) is 0 Å². The molecule has 0 saturated carbocycles. The number of hydrogen-bond acceptors (Lipinski definition) is 4. The first-order valence-electron chi connectivity index (χ1n) is 10.2. The van der Waals surface area contributed by atoms with Crippen LogP contribution in [-0.2, 0) is 6.54 Å². The Kier molecular flexibility index (Phi) is 7.40. The van der Waals surface area contributed by atoms with E-state index in [0.717, 1.165) is 24.6 Å². The summed E-state index contributed by atoms with van der Waals surface area (Å²) >= 11 is 0. The van der Waals surface area contributed by atoms with E-state index in [1.54, 1.807) is 0 Å². The van der Waals surface area contributed by atoms with Gasteiger partial charge in [0.05, 0.1) is 6.10 Å². The molecule has 4 nitrogen and oxygen atoms in total. The standard InChI is InChI=1S/C23H32N2O2/c1-19(2)27-23-12-5-4-11-22(23)26-16-13-24-18-20-9-8-10-21(17-20)25-14-6-3-7-15-25/h4-5,8-12,17,19,24H,3,6-7,13-16,18H2,1-2H3. The zero-order valence-corrected chi connectivity index (χ0v) is 16.6. The Labute approximate surface area is 163 Å². The third kappa shape index (κ3) is 6.17. The molecule has 1 heterocycles. The molecule has 0 aliphatic carbocycles. The van der Waals surface area contributed by atoms with E-state index < -0.39 is 0 Å². The number of benzene rings is 2. The van der Waals surface area contributed by atoms with Gasteiger partial charge in [-0.2, -0.15) is 0 Å². The maximum Gasteiger partial charge on any atom is 0.161 e. The number of anilines is 1. The average Bonchev–Trinajstić information content (AvgIpc) is 2.69. The zero-order valence-electron chi connectivity index (χ0n) is 16.6. The Bertz CT molecular complexity index is 696. The number of piperidine rings is 1. The second-order valence-electron chi connectivity index (χ2n) is 7.36. The van der Waals surface area contributed by atoms with E-state index in [1.807, 2.05) is 38.1 Å². The number of hydrogen-bond donors (Lipinski definition) is 1. The van der Waals surface area contributed by atoms with E-state index in [1.165, 1.54) is 43.6 Å². The summed E-state index contributed by atoms with van der Waals surface area (Å²) in [4.78, 5) is 2.50. The second-order valence-corrected chi connectivity index (χ2v) is 7.36. The Morgan fingerprint density at radius 1 is 0.963 bits per heavy atom. The molecule has 1 aliphatic heterocycles. The van der Waals surface area contributed by atoms with Crippen LogP contribution in [0.15, 0.2) is 48.5 Å². The molecule has 27 heavy (non-hydrogen) atoms. The lowest BCUT2D eigenvalue weighted by molar-refractivity contribution is 0.221. The fourth-order valence-corrected chi connectivity index (χ4v) is 3.40. The Hall–Kier alpha value is -2.20. The molecular formula is C23H32N2O2. The molecule has 1 saturated heterocycles. The monoisotopic (exact) mass is 368 g/mol. The summed E-state index contributed by atoms with van der Waals surface area (Å²) in [5.74, 6) is 1.61. The minimum Gasteiger partial charge on any atom is -0.488 e. The summed E-state index contributed by atoms with van der Waals surface area (Å²) in [5, 5.41) is 3.48. The molecule has 0 unspecified atom stereocenters. The molecule has 0 bridgehead atoms. The van der Waals surface area contributed by atoms with Crippen molar-refractivity contribution in [3.63, 3.8) is 0 Å². The molecule has 2 aromatic carbocycles. The van der Waals surface area contributed by atoms with Gasteiger partial charge in [0, 0.05) is 31.9 Å². The topological polar surface area (TPSA) is 33.7 Å². The molecule has 3 rings (SSSR count). The van der Waals surface area contributed by atoms with E-state index in [-0.39, 0.29) is 6.10 Å². The molecule has 2 aromatic rings. The number of para-hydroxylation sites is 2. The van der Waals surface area contributed by atoms with Crippen molar-refractivity contribution in [3.05, 3.63) is 54.1 Å². The van der Waals surface area contributed by atoms with Gasteiger partial charge in [-0.25, -0.2) is 0 Å². The Balaban J connectivity index is 1.43. The van der Waals surface area contributed by atoms with Gasteiger partial charge < -0.3 is 19.7 Å². The smallest absolute Gasteiger partial charge is 0.161 e. The number of rotatable bonds is 9. The molecule has 0 spiro atoms. The normalized spacial score (nSPS) is 14.4. The fourth-order valence-electron chi connectivity index (χ4n) is 3.40. The molecule has 1 fully saturated rings. The van der Waals surface area contributed by atoms with Gasteiger partial charge in [0.2, 0.25) is 0 Å². The van der Waals surface area contributed by atoms with Crippen molar-refractivity contribution < 1.29 is 9.47 Å². The first kappa shape index (κ1) is 19.6. The summed E-state index contributed by atoms with van der Waals surface area (Å²) in [7, 11) is 0. The van der Waals surface area contributed by atoms with Gasteiger partial charge in [-0.15, -0.1) is 0 Å². The summed E-state index contributed by atoms with van der Waals surface area (Å²) in [6, 6.07) is 16.7. The van der Waals surface area contributed by atoms with Crippen molar-refractivity contribution in [1.29, 1.82) is 0 Å². The summed E-state index contributed by atoms with van der Waals surface area (Å²) in [5.41, 5.74) is 2.67. The second kappa shape index (κ2) is 10.2. The van der Waals surface area contributed by atoms with Crippen LogP contribution in [0.5, 0.6) is 11.5 Å². The maximum atomic E-state index is 5.90. The first-order valence-corrected chi connectivity index (χ1v) is 10.2. The first-order chi connectivity index (χ1) is 13.2. The number of nitrogens with one attached hydrogen (secondary N) is 1. The van der Waals surface area contributed by atoms with E-state index in [4.69, 9.17) is 9.47 Å². The van der Waals surface area contributed by atoms with Gasteiger partial charge in [0.15, 0.2) is 11.5 Å². The highest BCUT2D eigenvalue weighted by atomic mass is 16.5. The molecule has 1 N–H and O–H groups in total. The van der Waals surface area contributed by atoms with E-state index in [9.17, 15) is 0 Å². The third-order valence-corrected chi connectivity index (χ3v) is 4.71. The predicted octanol–water partition coefficient (Wildman–Crippen LogP) is 4.63. The molecule has 1 aliphatic rings. The van der Waals surface area contributed by atoms with E-state index >= 15 is 0 Å². The van der Waals surface area contributed by atoms with Crippen molar-refractivity contribution in [1.82, 2.24) is 5.32 Å². The SMILES string of the molecule is CC(C)Oc1ccccc1OCCNCc1cccc(N2CCCCC2)c1. The predicted molar refractivity (Wildman–Crippen MR) is 112 cm³/mol. The van der Waals surface area contributed by atoms with Crippen molar-refractivity contribution in [3.8, 4) is 11.5 Å². The number of nitrogens with zero attached hydrogens (tertiary/aromatic N) is 1. The van der Waals surface area contributed by atoms with Crippen LogP contribution >= 0.6 is 0 Å². The molecule has 0 amide bonds.